The third kappa shape index (κ3) is 7.38. The molecule has 0 spiro atoms. The number of nitrogens with zero attached hydrogens (tertiary/aromatic N) is 1. The van der Waals surface area contributed by atoms with E-state index in [0.717, 1.165) is 12.8 Å². The molecule has 0 aliphatic heterocycles. The van der Waals surface area contributed by atoms with Gasteiger partial charge in [0.15, 0.2) is 15.8 Å². The Balaban J connectivity index is 0.00000288. The summed E-state index contributed by atoms with van der Waals surface area (Å²) in [6.45, 7) is 0.428. The molecule has 0 bridgehead atoms. The van der Waals surface area contributed by atoms with Gasteiger partial charge >= 0.3 is 0 Å². The molecule has 0 amide bonds. The van der Waals surface area contributed by atoms with Crippen molar-refractivity contribution in [2.75, 3.05) is 12.3 Å². The lowest BCUT2D eigenvalue weighted by Gasteiger charge is -2.16. The van der Waals surface area contributed by atoms with Crippen LogP contribution in [0.4, 0.5) is 0 Å². The molecule has 0 saturated heterocycles. The molecule has 24 heavy (non-hydrogen) atoms. The van der Waals surface area contributed by atoms with E-state index in [1.54, 1.807) is 24.3 Å². The summed E-state index contributed by atoms with van der Waals surface area (Å²) in [5.41, 5.74) is 5.91. The summed E-state index contributed by atoms with van der Waals surface area (Å²) < 4.78 is 24.3. The fraction of sp³-hybridized carbons (Fsp3) is 0.588. The molecule has 1 saturated carbocycles. The standard InChI is InChI=1S/C17H27N3O2S.HI/c18-17(20-15-9-4-1-2-5-10-15)19-13-8-14-23(21,22)16-11-6-3-7-12-16;/h3,6-7,11-12,15H,1-2,4-5,8-10,13-14H2,(H3,18,19,20);1H. The largest absolute Gasteiger partial charge is 0.370 e. The molecule has 2 rings (SSSR count). The van der Waals surface area contributed by atoms with Crippen LogP contribution in [0.5, 0.6) is 0 Å². The van der Waals surface area contributed by atoms with Gasteiger partial charge in [0.25, 0.3) is 0 Å². The molecule has 0 aromatic heterocycles. The zero-order chi connectivity index (χ0) is 16.5. The van der Waals surface area contributed by atoms with Crippen molar-refractivity contribution >= 4 is 39.8 Å². The minimum Gasteiger partial charge on any atom is -0.370 e. The molecular formula is C17H28IN3O2S. The quantitative estimate of drug-likeness (QED) is 0.222. The number of halogens is 1. The second-order valence-electron chi connectivity index (χ2n) is 6.09. The van der Waals surface area contributed by atoms with Crippen LogP contribution in [0, 0.1) is 0 Å². The van der Waals surface area contributed by atoms with Crippen molar-refractivity contribution in [3.05, 3.63) is 30.3 Å². The first kappa shape index (κ1) is 21.2. The van der Waals surface area contributed by atoms with E-state index in [1.165, 1.54) is 25.7 Å². The average Bonchev–Trinajstić information content (AvgIpc) is 2.81. The summed E-state index contributed by atoms with van der Waals surface area (Å²) in [6, 6.07) is 8.94. The van der Waals surface area contributed by atoms with Crippen molar-refractivity contribution in [1.29, 1.82) is 0 Å². The van der Waals surface area contributed by atoms with Crippen LogP contribution in [0.1, 0.15) is 44.9 Å². The van der Waals surface area contributed by atoms with E-state index < -0.39 is 9.84 Å². The maximum absolute atomic E-state index is 12.1. The Bertz CT molecular complexity index is 598. The van der Waals surface area contributed by atoms with Crippen molar-refractivity contribution < 1.29 is 8.42 Å². The fourth-order valence-electron chi connectivity index (χ4n) is 2.88. The molecular weight excluding hydrogens is 437 g/mol. The highest BCUT2D eigenvalue weighted by Crippen LogP contribution is 2.17. The normalized spacial score (nSPS) is 16.9. The van der Waals surface area contributed by atoms with E-state index in [-0.39, 0.29) is 29.7 Å². The second-order valence-corrected chi connectivity index (χ2v) is 8.19. The Morgan fingerprint density at radius 2 is 1.75 bits per heavy atom. The van der Waals surface area contributed by atoms with Gasteiger partial charge in [0.2, 0.25) is 0 Å². The highest BCUT2D eigenvalue weighted by molar-refractivity contribution is 14.0. The first-order valence-corrected chi connectivity index (χ1v) is 10.1. The maximum atomic E-state index is 12.1. The number of nitrogens with one attached hydrogen (secondary N) is 1. The molecule has 136 valence electrons. The molecule has 1 aromatic rings. The number of sulfone groups is 1. The van der Waals surface area contributed by atoms with Crippen LogP contribution in [0.2, 0.25) is 0 Å². The summed E-state index contributed by atoms with van der Waals surface area (Å²) in [4.78, 5) is 4.63. The van der Waals surface area contributed by atoms with Crippen LogP contribution in [-0.4, -0.2) is 32.7 Å². The van der Waals surface area contributed by atoms with Crippen LogP contribution < -0.4 is 11.1 Å². The number of guanidine groups is 1. The van der Waals surface area contributed by atoms with Crippen molar-refractivity contribution in [2.45, 2.75) is 55.9 Å². The van der Waals surface area contributed by atoms with Gasteiger partial charge in [-0.1, -0.05) is 43.9 Å². The Hall–Kier alpha value is -0.830. The third-order valence-corrected chi connectivity index (χ3v) is 5.98. The van der Waals surface area contributed by atoms with E-state index in [0.29, 0.717) is 29.9 Å². The van der Waals surface area contributed by atoms with Gasteiger partial charge in [-0.15, -0.1) is 24.0 Å². The van der Waals surface area contributed by atoms with Crippen LogP contribution in [0.15, 0.2) is 40.2 Å². The summed E-state index contributed by atoms with van der Waals surface area (Å²) in [5, 5.41) is 3.27. The topological polar surface area (TPSA) is 84.5 Å². The minimum absolute atomic E-state index is 0. The van der Waals surface area contributed by atoms with Crippen LogP contribution in [0.3, 0.4) is 0 Å². The van der Waals surface area contributed by atoms with Gasteiger partial charge in [0.05, 0.1) is 10.6 Å². The van der Waals surface area contributed by atoms with Crippen molar-refractivity contribution in [1.82, 2.24) is 5.32 Å². The molecule has 0 unspecified atom stereocenters. The van der Waals surface area contributed by atoms with E-state index in [9.17, 15) is 8.42 Å². The molecule has 0 atom stereocenters. The highest BCUT2D eigenvalue weighted by atomic mass is 127. The molecule has 0 radical (unpaired) electrons. The number of nitrogens with two attached hydrogens (primary N) is 1. The van der Waals surface area contributed by atoms with Crippen molar-refractivity contribution in [3.8, 4) is 0 Å². The summed E-state index contributed by atoms with van der Waals surface area (Å²) in [6.07, 6.45) is 7.82. The first-order chi connectivity index (χ1) is 11.1. The Labute approximate surface area is 162 Å². The van der Waals surface area contributed by atoms with Crippen molar-refractivity contribution in [3.63, 3.8) is 0 Å². The lowest BCUT2D eigenvalue weighted by atomic mass is 10.1. The SMILES string of the molecule is I.NC(=NCCCS(=O)(=O)c1ccccc1)NC1CCCCCC1. The van der Waals surface area contributed by atoms with Gasteiger partial charge in [-0.2, -0.15) is 0 Å². The number of benzene rings is 1. The zero-order valence-corrected chi connectivity index (χ0v) is 17.1. The summed E-state index contributed by atoms with van der Waals surface area (Å²) in [5.74, 6) is 0.533. The van der Waals surface area contributed by atoms with E-state index in [4.69, 9.17) is 5.73 Å². The van der Waals surface area contributed by atoms with E-state index >= 15 is 0 Å². The highest BCUT2D eigenvalue weighted by Gasteiger charge is 2.14. The molecule has 7 heteroatoms. The van der Waals surface area contributed by atoms with E-state index in [1.807, 2.05) is 6.07 Å². The minimum atomic E-state index is -3.22. The van der Waals surface area contributed by atoms with Gasteiger partial charge in [-0.25, -0.2) is 8.42 Å². The lowest BCUT2D eigenvalue weighted by molar-refractivity contribution is 0.530. The van der Waals surface area contributed by atoms with Gasteiger partial charge in [0.1, 0.15) is 0 Å². The Morgan fingerprint density at radius 3 is 2.38 bits per heavy atom. The van der Waals surface area contributed by atoms with Gasteiger partial charge in [-0.05, 0) is 31.4 Å². The predicted octanol–water partition coefficient (Wildman–Crippen LogP) is 3.10. The monoisotopic (exact) mass is 465 g/mol. The number of hydrogen-bond donors (Lipinski definition) is 2. The summed E-state index contributed by atoms with van der Waals surface area (Å²) >= 11 is 0. The molecule has 1 aromatic carbocycles. The summed E-state index contributed by atoms with van der Waals surface area (Å²) in [7, 11) is -3.22. The Kier molecular flexibility index (Phi) is 9.65. The van der Waals surface area contributed by atoms with Gasteiger partial charge < -0.3 is 11.1 Å². The van der Waals surface area contributed by atoms with Crippen LogP contribution in [0.25, 0.3) is 0 Å². The predicted molar refractivity (Wildman–Crippen MR) is 110 cm³/mol. The van der Waals surface area contributed by atoms with Crippen molar-refractivity contribution in [2.24, 2.45) is 10.7 Å². The third-order valence-electron chi connectivity index (χ3n) is 4.16. The first-order valence-electron chi connectivity index (χ1n) is 8.42. The van der Waals surface area contributed by atoms with E-state index in [2.05, 4.69) is 10.3 Å². The Morgan fingerprint density at radius 1 is 1.12 bits per heavy atom. The fourth-order valence-corrected chi connectivity index (χ4v) is 4.19. The van der Waals surface area contributed by atoms with Gasteiger partial charge in [0, 0.05) is 12.6 Å². The number of hydrogen-bond acceptors (Lipinski definition) is 3. The molecule has 0 heterocycles. The number of aliphatic imine (C=N–C) groups is 1. The maximum Gasteiger partial charge on any atom is 0.188 e. The zero-order valence-electron chi connectivity index (χ0n) is 14.0. The molecule has 1 aliphatic carbocycles. The molecule has 1 aliphatic rings. The van der Waals surface area contributed by atoms with Gasteiger partial charge in [-0.3, -0.25) is 4.99 Å². The number of rotatable bonds is 6. The average molecular weight is 465 g/mol. The molecule has 5 nitrogen and oxygen atoms in total. The molecule has 3 N–H and O–H groups in total. The second kappa shape index (κ2) is 10.9. The van der Waals surface area contributed by atoms with Crippen LogP contribution >= 0.6 is 24.0 Å². The molecule has 1 fully saturated rings. The lowest BCUT2D eigenvalue weighted by Crippen LogP contribution is -2.39. The smallest absolute Gasteiger partial charge is 0.188 e. The van der Waals surface area contributed by atoms with Crippen LogP contribution in [-0.2, 0) is 9.84 Å².